The second kappa shape index (κ2) is 4.99. The lowest BCUT2D eigenvalue weighted by atomic mass is 10.1. The molecule has 1 atom stereocenters. The third-order valence-electron chi connectivity index (χ3n) is 2.33. The van der Waals surface area contributed by atoms with Crippen molar-refractivity contribution in [2.45, 2.75) is 26.8 Å². The minimum atomic E-state index is -1.05. The van der Waals surface area contributed by atoms with E-state index in [0.29, 0.717) is 0 Å². The Kier molecular flexibility index (Phi) is 3.90. The summed E-state index contributed by atoms with van der Waals surface area (Å²) in [6, 6.07) is 3.00. The second-order valence-corrected chi connectivity index (χ2v) is 3.98. The standard InChI is InChI=1S/C12H17NO3/c1-7-4-8(2)11(9(3)5-7)16-6-10(13)12(14)15/h4-5,10H,6,13H2,1-3H3,(H,14,15)/t10-/m0/s1. The maximum Gasteiger partial charge on any atom is 0.324 e. The van der Waals surface area contributed by atoms with E-state index >= 15 is 0 Å². The van der Waals surface area contributed by atoms with Crippen LogP contribution in [0.2, 0.25) is 0 Å². The monoisotopic (exact) mass is 223 g/mol. The van der Waals surface area contributed by atoms with E-state index in [1.807, 2.05) is 32.9 Å². The minimum absolute atomic E-state index is 0.0138. The number of ether oxygens (including phenoxy) is 1. The predicted octanol–water partition coefficient (Wildman–Crippen LogP) is 1.40. The van der Waals surface area contributed by atoms with Crippen molar-refractivity contribution in [3.05, 3.63) is 28.8 Å². The number of aliphatic carboxylic acids is 1. The molecule has 0 saturated heterocycles. The summed E-state index contributed by atoms with van der Waals surface area (Å²) in [7, 11) is 0. The van der Waals surface area contributed by atoms with Crippen LogP contribution >= 0.6 is 0 Å². The number of nitrogens with two attached hydrogens (primary N) is 1. The fraction of sp³-hybridized carbons (Fsp3) is 0.417. The molecule has 0 heterocycles. The topological polar surface area (TPSA) is 72.5 Å². The van der Waals surface area contributed by atoms with Crippen LogP contribution in [0.3, 0.4) is 0 Å². The Bertz CT molecular complexity index is 378. The van der Waals surface area contributed by atoms with Gasteiger partial charge in [0.25, 0.3) is 0 Å². The second-order valence-electron chi connectivity index (χ2n) is 3.98. The van der Waals surface area contributed by atoms with Crippen molar-refractivity contribution in [3.63, 3.8) is 0 Å². The van der Waals surface area contributed by atoms with Gasteiger partial charge >= 0.3 is 5.97 Å². The molecule has 1 aromatic carbocycles. The number of carboxylic acids is 1. The van der Waals surface area contributed by atoms with Crippen LogP contribution in [0.25, 0.3) is 0 Å². The van der Waals surface area contributed by atoms with E-state index in [9.17, 15) is 4.79 Å². The molecular weight excluding hydrogens is 206 g/mol. The summed E-state index contributed by atoms with van der Waals surface area (Å²) in [6.45, 7) is 5.86. The van der Waals surface area contributed by atoms with Crippen molar-refractivity contribution in [2.24, 2.45) is 5.73 Å². The quantitative estimate of drug-likeness (QED) is 0.809. The first kappa shape index (κ1) is 12.5. The van der Waals surface area contributed by atoms with Crippen molar-refractivity contribution in [1.82, 2.24) is 0 Å². The van der Waals surface area contributed by atoms with E-state index in [-0.39, 0.29) is 6.61 Å². The van der Waals surface area contributed by atoms with Gasteiger partial charge in [-0.05, 0) is 31.9 Å². The molecule has 0 aliphatic heterocycles. The molecule has 0 aromatic heterocycles. The van der Waals surface area contributed by atoms with E-state index in [1.165, 1.54) is 0 Å². The molecule has 1 rings (SSSR count). The summed E-state index contributed by atoms with van der Waals surface area (Å²) < 4.78 is 5.44. The van der Waals surface area contributed by atoms with Crippen LogP contribution in [-0.4, -0.2) is 23.7 Å². The zero-order chi connectivity index (χ0) is 12.3. The molecule has 88 valence electrons. The molecule has 0 unspecified atom stereocenters. The zero-order valence-electron chi connectivity index (χ0n) is 9.78. The largest absolute Gasteiger partial charge is 0.491 e. The van der Waals surface area contributed by atoms with E-state index < -0.39 is 12.0 Å². The summed E-state index contributed by atoms with van der Waals surface area (Å²) in [5, 5.41) is 8.64. The molecule has 0 amide bonds. The third kappa shape index (κ3) is 2.97. The Labute approximate surface area is 95.0 Å². The van der Waals surface area contributed by atoms with E-state index in [1.54, 1.807) is 0 Å². The Morgan fingerprint density at radius 1 is 1.38 bits per heavy atom. The first-order valence-electron chi connectivity index (χ1n) is 5.11. The average Bonchev–Trinajstić information content (AvgIpc) is 2.15. The molecule has 1 aromatic rings. The van der Waals surface area contributed by atoms with E-state index in [4.69, 9.17) is 15.6 Å². The Morgan fingerprint density at radius 3 is 2.31 bits per heavy atom. The molecule has 0 aliphatic rings. The van der Waals surface area contributed by atoms with Gasteiger partial charge in [-0.3, -0.25) is 4.79 Å². The number of rotatable bonds is 4. The van der Waals surface area contributed by atoms with Gasteiger partial charge in [0, 0.05) is 0 Å². The summed E-state index contributed by atoms with van der Waals surface area (Å²) in [5.74, 6) is -0.329. The number of hydrogen-bond acceptors (Lipinski definition) is 3. The molecule has 0 aliphatic carbocycles. The Morgan fingerprint density at radius 2 is 1.88 bits per heavy atom. The van der Waals surface area contributed by atoms with Crippen molar-refractivity contribution in [2.75, 3.05) is 6.61 Å². The fourth-order valence-corrected chi connectivity index (χ4v) is 1.64. The maximum absolute atomic E-state index is 10.5. The van der Waals surface area contributed by atoms with E-state index in [0.717, 1.165) is 22.4 Å². The minimum Gasteiger partial charge on any atom is -0.491 e. The highest BCUT2D eigenvalue weighted by molar-refractivity contribution is 5.73. The van der Waals surface area contributed by atoms with Crippen LogP contribution < -0.4 is 10.5 Å². The van der Waals surface area contributed by atoms with Gasteiger partial charge in [-0.25, -0.2) is 0 Å². The first-order chi connectivity index (χ1) is 7.41. The molecule has 16 heavy (non-hydrogen) atoms. The number of carboxylic acid groups (broad SMARTS) is 1. The summed E-state index contributed by atoms with van der Waals surface area (Å²) in [5.41, 5.74) is 8.52. The first-order valence-corrected chi connectivity index (χ1v) is 5.11. The SMILES string of the molecule is Cc1cc(C)c(OC[C@H](N)C(=O)O)c(C)c1. The number of carbonyl (C=O) groups is 1. The van der Waals surface area contributed by atoms with Gasteiger partial charge in [0.15, 0.2) is 0 Å². The molecule has 0 radical (unpaired) electrons. The van der Waals surface area contributed by atoms with Gasteiger partial charge in [-0.2, -0.15) is 0 Å². The van der Waals surface area contributed by atoms with Gasteiger partial charge in [0.05, 0.1) is 0 Å². The van der Waals surface area contributed by atoms with Crippen LogP contribution in [0, 0.1) is 20.8 Å². The summed E-state index contributed by atoms with van der Waals surface area (Å²) in [6.07, 6.45) is 0. The van der Waals surface area contributed by atoms with Gasteiger partial charge in [-0.15, -0.1) is 0 Å². The smallest absolute Gasteiger partial charge is 0.324 e. The molecule has 0 fully saturated rings. The molecule has 4 heteroatoms. The van der Waals surface area contributed by atoms with Crippen LogP contribution in [0.4, 0.5) is 0 Å². The van der Waals surface area contributed by atoms with Crippen molar-refractivity contribution in [1.29, 1.82) is 0 Å². The van der Waals surface area contributed by atoms with Crippen molar-refractivity contribution < 1.29 is 14.6 Å². The lowest BCUT2D eigenvalue weighted by Gasteiger charge is -2.14. The predicted molar refractivity (Wildman–Crippen MR) is 61.8 cm³/mol. The molecule has 4 nitrogen and oxygen atoms in total. The average molecular weight is 223 g/mol. The van der Waals surface area contributed by atoms with Gasteiger partial charge in [0.2, 0.25) is 0 Å². The molecule has 3 N–H and O–H groups in total. The molecule has 0 saturated carbocycles. The Balaban J connectivity index is 2.78. The third-order valence-corrected chi connectivity index (χ3v) is 2.33. The zero-order valence-corrected chi connectivity index (χ0v) is 9.78. The number of benzene rings is 1. The highest BCUT2D eigenvalue weighted by Gasteiger charge is 2.13. The van der Waals surface area contributed by atoms with Crippen molar-refractivity contribution in [3.8, 4) is 5.75 Å². The lowest BCUT2D eigenvalue weighted by Crippen LogP contribution is -2.36. The normalized spacial score (nSPS) is 12.2. The van der Waals surface area contributed by atoms with Crippen molar-refractivity contribution >= 4 is 5.97 Å². The number of hydrogen-bond donors (Lipinski definition) is 2. The Hall–Kier alpha value is -1.55. The summed E-state index contributed by atoms with van der Waals surface area (Å²) in [4.78, 5) is 10.5. The molecular formula is C12H17NO3. The highest BCUT2D eigenvalue weighted by Crippen LogP contribution is 2.24. The fourth-order valence-electron chi connectivity index (χ4n) is 1.64. The van der Waals surface area contributed by atoms with Crippen LogP contribution in [-0.2, 0) is 4.79 Å². The van der Waals surface area contributed by atoms with Gasteiger partial charge < -0.3 is 15.6 Å². The number of aryl methyl sites for hydroxylation is 3. The highest BCUT2D eigenvalue weighted by atomic mass is 16.5. The lowest BCUT2D eigenvalue weighted by molar-refractivity contribution is -0.139. The maximum atomic E-state index is 10.5. The van der Waals surface area contributed by atoms with Crippen LogP contribution in [0.5, 0.6) is 5.75 Å². The van der Waals surface area contributed by atoms with E-state index in [2.05, 4.69) is 0 Å². The van der Waals surface area contributed by atoms with Gasteiger partial charge in [0.1, 0.15) is 18.4 Å². The summed E-state index contributed by atoms with van der Waals surface area (Å²) >= 11 is 0. The van der Waals surface area contributed by atoms with Crippen LogP contribution in [0.15, 0.2) is 12.1 Å². The van der Waals surface area contributed by atoms with Crippen LogP contribution in [0.1, 0.15) is 16.7 Å². The molecule has 0 bridgehead atoms. The molecule has 0 spiro atoms. The van der Waals surface area contributed by atoms with Gasteiger partial charge in [-0.1, -0.05) is 17.7 Å².